The van der Waals surface area contributed by atoms with Gasteiger partial charge in [-0.2, -0.15) is 0 Å². The number of ether oxygens (including phenoxy) is 1. The number of carbonyl (C=O) groups is 3. The van der Waals surface area contributed by atoms with E-state index in [-0.39, 0.29) is 18.8 Å². The Bertz CT molecular complexity index is 646. The molecule has 0 N–H and O–H groups in total. The van der Waals surface area contributed by atoms with Crippen LogP contribution in [0.5, 0.6) is 0 Å². The van der Waals surface area contributed by atoms with Crippen molar-refractivity contribution in [2.75, 3.05) is 13.7 Å². The lowest BCUT2D eigenvalue weighted by molar-refractivity contribution is -0.157. The zero-order valence-corrected chi connectivity index (χ0v) is 14.8. The van der Waals surface area contributed by atoms with Crippen LogP contribution < -0.4 is 0 Å². The summed E-state index contributed by atoms with van der Waals surface area (Å²) in [7, 11) is 1.58. The number of Topliss-reactive ketones (excluding diaryl/α,β-unsaturated/α-hetero) is 1. The molecule has 0 bridgehead atoms. The lowest BCUT2D eigenvalue weighted by Gasteiger charge is -2.43. The molecule has 1 saturated carbocycles. The number of benzene rings is 1. The minimum atomic E-state index is -1.09. The summed E-state index contributed by atoms with van der Waals surface area (Å²) >= 11 is 6.34. The van der Waals surface area contributed by atoms with E-state index in [0.29, 0.717) is 23.4 Å². The van der Waals surface area contributed by atoms with Crippen molar-refractivity contribution in [2.45, 2.75) is 44.6 Å². The van der Waals surface area contributed by atoms with Crippen LogP contribution in [0.4, 0.5) is 0 Å². The van der Waals surface area contributed by atoms with Crippen LogP contribution in [0.15, 0.2) is 24.3 Å². The quantitative estimate of drug-likeness (QED) is 0.765. The molecule has 1 aliphatic carbocycles. The number of esters is 1. The van der Waals surface area contributed by atoms with E-state index in [2.05, 4.69) is 0 Å². The average molecular weight is 352 g/mol. The second kappa shape index (κ2) is 7.79. The third kappa shape index (κ3) is 3.46. The molecular weight excluding hydrogens is 330 g/mol. The molecule has 0 spiro atoms. The van der Waals surface area contributed by atoms with Crippen molar-refractivity contribution >= 4 is 29.3 Å². The van der Waals surface area contributed by atoms with Gasteiger partial charge >= 0.3 is 5.97 Å². The monoisotopic (exact) mass is 351 g/mol. The van der Waals surface area contributed by atoms with Crippen LogP contribution in [0.25, 0.3) is 0 Å². The fourth-order valence-electron chi connectivity index (χ4n) is 3.18. The summed E-state index contributed by atoms with van der Waals surface area (Å²) in [6, 6.07) is 7.10. The molecule has 0 aromatic heterocycles. The highest BCUT2D eigenvalue weighted by atomic mass is 35.5. The maximum atomic E-state index is 12.8. The number of halogens is 1. The Labute approximate surface area is 146 Å². The first-order valence-electron chi connectivity index (χ1n) is 8.14. The van der Waals surface area contributed by atoms with Gasteiger partial charge in [-0.3, -0.25) is 14.4 Å². The third-order valence-corrected chi connectivity index (χ3v) is 4.89. The molecule has 24 heavy (non-hydrogen) atoms. The molecule has 1 aromatic rings. The van der Waals surface area contributed by atoms with Gasteiger partial charge in [-0.25, -0.2) is 0 Å². The smallest absolute Gasteiger partial charge is 0.306 e. The number of hydrogen-bond acceptors (Lipinski definition) is 4. The molecule has 1 aromatic carbocycles. The first-order valence-corrected chi connectivity index (χ1v) is 8.52. The fourth-order valence-corrected chi connectivity index (χ4v) is 3.48. The SMILES string of the molecule is CCC(=O)OCC(=O)N(C)C1(c2ccccc2Cl)CCCCC1=O. The largest absolute Gasteiger partial charge is 0.456 e. The molecule has 6 heteroatoms. The van der Waals surface area contributed by atoms with E-state index < -0.39 is 17.4 Å². The van der Waals surface area contributed by atoms with Crippen LogP contribution in [0, 0.1) is 0 Å². The summed E-state index contributed by atoms with van der Waals surface area (Å²) in [6.07, 6.45) is 2.74. The molecule has 1 aliphatic rings. The molecule has 0 aliphatic heterocycles. The van der Waals surface area contributed by atoms with Crippen molar-refractivity contribution < 1.29 is 19.1 Å². The molecule has 1 amide bonds. The standard InChI is InChI=1S/C18H22ClNO4/c1-3-17(23)24-12-16(22)20(2)18(11-7-6-10-15(18)21)13-8-4-5-9-14(13)19/h4-5,8-9H,3,6-7,10-12H2,1-2H3. The number of nitrogens with zero attached hydrogens (tertiary/aromatic N) is 1. The summed E-state index contributed by atoms with van der Waals surface area (Å²) in [5.74, 6) is -0.884. The van der Waals surface area contributed by atoms with Crippen molar-refractivity contribution in [3.8, 4) is 0 Å². The van der Waals surface area contributed by atoms with Crippen LogP contribution >= 0.6 is 11.6 Å². The van der Waals surface area contributed by atoms with Gasteiger partial charge in [0.15, 0.2) is 12.4 Å². The van der Waals surface area contributed by atoms with Gasteiger partial charge in [0.1, 0.15) is 5.54 Å². The first-order chi connectivity index (χ1) is 11.4. The van der Waals surface area contributed by atoms with Gasteiger partial charge in [0, 0.05) is 30.5 Å². The Hall–Kier alpha value is -1.88. The van der Waals surface area contributed by atoms with Crippen LogP contribution in [0.2, 0.25) is 5.02 Å². The summed E-state index contributed by atoms with van der Waals surface area (Å²) in [5, 5.41) is 0.456. The molecular formula is C18H22ClNO4. The lowest BCUT2D eigenvalue weighted by Crippen LogP contribution is -2.55. The van der Waals surface area contributed by atoms with Gasteiger partial charge in [0.05, 0.1) is 0 Å². The lowest BCUT2D eigenvalue weighted by atomic mass is 9.74. The van der Waals surface area contributed by atoms with E-state index in [4.69, 9.17) is 16.3 Å². The summed E-state index contributed by atoms with van der Waals surface area (Å²) in [5.41, 5.74) is -0.458. The first kappa shape index (κ1) is 18.5. The van der Waals surface area contributed by atoms with Gasteiger partial charge in [-0.1, -0.05) is 36.7 Å². The normalized spacial score (nSPS) is 20.5. The predicted octanol–water partition coefficient (Wildman–Crippen LogP) is 3.09. The van der Waals surface area contributed by atoms with E-state index >= 15 is 0 Å². The van der Waals surface area contributed by atoms with E-state index in [1.807, 2.05) is 0 Å². The minimum absolute atomic E-state index is 0.0282. The maximum absolute atomic E-state index is 12.8. The molecule has 2 rings (SSSR count). The Morgan fingerprint density at radius 1 is 1.29 bits per heavy atom. The van der Waals surface area contributed by atoms with Crippen LogP contribution in [-0.2, 0) is 24.7 Å². The van der Waals surface area contributed by atoms with Gasteiger partial charge < -0.3 is 9.64 Å². The Morgan fingerprint density at radius 2 is 2.00 bits per heavy atom. The van der Waals surface area contributed by atoms with Crippen LogP contribution in [-0.4, -0.2) is 36.2 Å². The molecule has 1 atom stereocenters. The van der Waals surface area contributed by atoms with E-state index in [9.17, 15) is 14.4 Å². The van der Waals surface area contributed by atoms with Gasteiger partial charge in [-0.15, -0.1) is 0 Å². The van der Waals surface area contributed by atoms with Crippen LogP contribution in [0.1, 0.15) is 44.6 Å². The van der Waals surface area contributed by atoms with Crippen molar-refractivity contribution in [3.63, 3.8) is 0 Å². The molecule has 0 radical (unpaired) electrons. The van der Waals surface area contributed by atoms with Crippen molar-refractivity contribution in [3.05, 3.63) is 34.9 Å². The number of rotatable bonds is 5. The van der Waals surface area contributed by atoms with Gasteiger partial charge in [0.2, 0.25) is 0 Å². The van der Waals surface area contributed by atoms with Gasteiger partial charge in [-0.05, 0) is 25.3 Å². The second-order valence-corrected chi connectivity index (χ2v) is 6.34. The third-order valence-electron chi connectivity index (χ3n) is 4.57. The Kier molecular flexibility index (Phi) is 5.99. The van der Waals surface area contributed by atoms with E-state index in [1.54, 1.807) is 38.2 Å². The predicted molar refractivity (Wildman–Crippen MR) is 90.6 cm³/mol. The topological polar surface area (TPSA) is 63.7 Å². The van der Waals surface area contributed by atoms with E-state index in [1.165, 1.54) is 4.90 Å². The highest BCUT2D eigenvalue weighted by Gasteiger charge is 2.47. The van der Waals surface area contributed by atoms with E-state index in [0.717, 1.165) is 12.8 Å². The van der Waals surface area contributed by atoms with Gasteiger partial charge in [0.25, 0.3) is 5.91 Å². The van der Waals surface area contributed by atoms with Crippen molar-refractivity contribution in [2.24, 2.45) is 0 Å². The number of ketones is 1. The maximum Gasteiger partial charge on any atom is 0.306 e. The highest BCUT2D eigenvalue weighted by molar-refractivity contribution is 6.31. The molecule has 130 valence electrons. The minimum Gasteiger partial charge on any atom is -0.456 e. The summed E-state index contributed by atoms with van der Waals surface area (Å²) in [4.78, 5) is 38.1. The zero-order valence-electron chi connectivity index (χ0n) is 14.0. The zero-order chi connectivity index (χ0) is 17.7. The number of hydrogen-bond donors (Lipinski definition) is 0. The van der Waals surface area contributed by atoms with Crippen molar-refractivity contribution in [1.29, 1.82) is 0 Å². The molecule has 0 saturated heterocycles. The fraction of sp³-hybridized carbons (Fsp3) is 0.500. The average Bonchev–Trinajstić information content (AvgIpc) is 2.60. The molecule has 1 fully saturated rings. The van der Waals surface area contributed by atoms with Crippen LogP contribution in [0.3, 0.4) is 0 Å². The number of amides is 1. The summed E-state index contributed by atoms with van der Waals surface area (Å²) in [6.45, 7) is 1.29. The molecule has 5 nitrogen and oxygen atoms in total. The highest BCUT2D eigenvalue weighted by Crippen LogP contribution is 2.42. The Balaban J connectivity index is 2.36. The number of carbonyl (C=O) groups excluding carboxylic acids is 3. The summed E-state index contributed by atoms with van der Waals surface area (Å²) < 4.78 is 4.94. The second-order valence-electron chi connectivity index (χ2n) is 5.94. The molecule has 1 unspecified atom stereocenters. The Morgan fingerprint density at radius 3 is 2.62 bits per heavy atom. The molecule has 0 heterocycles. The van der Waals surface area contributed by atoms with Crippen molar-refractivity contribution in [1.82, 2.24) is 4.90 Å². The number of likely N-dealkylation sites (N-methyl/N-ethyl adjacent to an activating group) is 1.